The van der Waals surface area contributed by atoms with Gasteiger partial charge < -0.3 is 14.4 Å². The van der Waals surface area contributed by atoms with Crippen LogP contribution in [0, 0.1) is 6.92 Å². The lowest BCUT2D eigenvalue weighted by Crippen LogP contribution is -2.35. The highest BCUT2D eigenvalue weighted by Crippen LogP contribution is 2.39. The standard InChI is InChI=1S/C22H26N6O/c1-14-9-21-16(10-17(14)20-12-26(3)13-23-20)5-4-7-28(21)22-18-11-27(15(2)29)8-6-19(18)24-25-22/h9-10,12-13H,4-8,11H2,1-3H3,(H,24,25). The number of anilines is 2. The average molecular weight is 390 g/mol. The zero-order valence-corrected chi connectivity index (χ0v) is 17.2. The van der Waals surface area contributed by atoms with E-state index in [0.29, 0.717) is 6.54 Å². The first-order valence-corrected chi connectivity index (χ1v) is 10.2. The summed E-state index contributed by atoms with van der Waals surface area (Å²) in [5.41, 5.74) is 8.29. The van der Waals surface area contributed by atoms with Crippen molar-refractivity contribution in [3.05, 3.63) is 47.0 Å². The van der Waals surface area contributed by atoms with Crippen LogP contribution in [0.4, 0.5) is 11.5 Å². The van der Waals surface area contributed by atoms with Crippen LogP contribution in [0.1, 0.15) is 35.7 Å². The van der Waals surface area contributed by atoms with Gasteiger partial charge in [-0.3, -0.25) is 9.89 Å². The number of H-pyrrole nitrogens is 1. The number of nitrogens with zero attached hydrogens (tertiary/aromatic N) is 5. The van der Waals surface area contributed by atoms with Gasteiger partial charge in [0.15, 0.2) is 5.82 Å². The lowest BCUT2D eigenvalue weighted by Gasteiger charge is -2.33. The number of imidazole rings is 1. The second-order valence-electron chi connectivity index (χ2n) is 8.17. The van der Waals surface area contributed by atoms with E-state index in [-0.39, 0.29) is 5.91 Å². The van der Waals surface area contributed by atoms with Gasteiger partial charge in [-0.25, -0.2) is 4.98 Å². The molecule has 1 amide bonds. The van der Waals surface area contributed by atoms with E-state index in [9.17, 15) is 4.79 Å². The fourth-order valence-corrected chi connectivity index (χ4v) is 4.56. The summed E-state index contributed by atoms with van der Waals surface area (Å²) in [4.78, 5) is 20.7. The molecule has 2 aromatic heterocycles. The third-order valence-corrected chi connectivity index (χ3v) is 6.14. The third-order valence-electron chi connectivity index (χ3n) is 6.14. The summed E-state index contributed by atoms with van der Waals surface area (Å²) in [6.07, 6.45) is 6.88. The Bertz CT molecular complexity index is 1090. The summed E-state index contributed by atoms with van der Waals surface area (Å²) in [5, 5.41) is 7.90. The number of carbonyl (C=O) groups is 1. The molecule has 1 aromatic carbocycles. The van der Waals surface area contributed by atoms with Gasteiger partial charge in [-0.1, -0.05) is 0 Å². The van der Waals surface area contributed by atoms with Crippen molar-refractivity contribution < 1.29 is 4.79 Å². The summed E-state index contributed by atoms with van der Waals surface area (Å²) in [6, 6.07) is 4.56. The maximum atomic E-state index is 11.9. The van der Waals surface area contributed by atoms with Crippen molar-refractivity contribution in [3.8, 4) is 11.3 Å². The number of hydrogen-bond donors (Lipinski definition) is 1. The van der Waals surface area contributed by atoms with Crippen LogP contribution >= 0.6 is 0 Å². The Balaban J connectivity index is 1.55. The van der Waals surface area contributed by atoms with Crippen molar-refractivity contribution in [2.24, 2.45) is 7.05 Å². The van der Waals surface area contributed by atoms with Crippen molar-refractivity contribution in [2.75, 3.05) is 18.0 Å². The third kappa shape index (κ3) is 3.01. The smallest absolute Gasteiger partial charge is 0.219 e. The largest absolute Gasteiger partial charge is 0.340 e. The molecule has 3 aromatic rings. The summed E-state index contributed by atoms with van der Waals surface area (Å²) < 4.78 is 1.98. The summed E-state index contributed by atoms with van der Waals surface area (Å²) >= 11 is 0. The molecule has 150 valence electrons. The molecule has 0 saturated heterocycles. The Hall–Kier alpha value is -3.09. The molecular formula is C22H26N6O. The van der Waals surface area contributed by atoms with Crippen LogP contribution in [0.3, 0.4) is 0 Å². The zero-order valence-electron chi connectivity index (χ0n) is 17.2. The molecule has 2 aliphatic rings. The normalized spacial score (nSPS) is 16.0. The Morgan fingerprint density at radius 1 is 1.21 bits per heavy atom. The minimum absolute atomic E-state index is 0.123. The van der Waals surface area contributed by atoms with Crippen LogP contribution in [-0.2, 0) is 31.2 Å². The summed E-state index contributed by atoms with van der Waals surface area (Å²) in [6.45, 7) is 6.12. The van der Waals surface area contributed by atoms with E-state index in [1.165, 1.54) is 22.4 Å². The highest BCUT2D eigenvalue weighted by Gasteiger charge is 2.29. The molecule has 5 rings (SSSR count). The average Bonchev–Trinajstić information content (AvgIpc) is 3.32. The van der Waals surface area contributed by atoms with Crippen LogP contribution in [0.15, 0.2) is 24.7 Å². The zero-order chi connectivity index (χ0) is 20.1. The van der Waals surface area contributed by atoms with E-state index in [4.69, 9.17) is 0 Å². The van der Waals surface area contributed by atoms with E-state index in [1.807, 2.05) is 22.8 Å². The van der Waals surface area contributed by atoms with Gasteiger partial charge in [0.1, 0.15) is 0 Å². The predicted molar refractivity (Wildman–Crippen MR) is 112 cm³/mol. The number of rotatable bonds is 2. The number of aromatic nitrogens is 4. The first kappa shape index (κ1) is 18.0. The molecule has 0 saturated carbocycles. The minimum Gasteiger partial charge on any atom is -0.340 e. The van der Waals surface area contributed by atoms with Crippen LogP contribution < -0.4 is 4.90 Å². The number of benzene rings is 1. The Morgan fingerprint density at radius 2 is 2.07 bits per heavy atom. The monoisotopic (exact) mass is 390 g/mol. The number of aromatic amines is 1. The van der Waals surface area contributed by atoms with Crippen molar-refractivity contribution in [1.29, 1.82) is 0 Å². The topological polar surface area (TPSA) is 70.1 Å². The molecule has 4 heterocycles. The molecule has 1 N–H and O–H groups in total. The highest BCUT2D eigenvalue weighted by atomic mass is 16.2. The van der Waals surface area contributed by atoms with Gasteiger partial charge in [-0.2, -0.15) is 5.10 Å². The quantitative estimate of drug-likeness (QED) is 0.730. The summed E-state index contributed by atoms with van der Waals surface area (Å²) in [5.74, 6) is 1.09. The molecule has 0 atom stereocenters. The maximum absolute atomic E-state index is 11.9. The van der Waals surface area contributed by atoms with Gasteiger partial charge in [0.2, 0.25) is 5.91 Å². The number of hydrogen-bond acceptors (Lipinski definition) is 4. The van der Waals surface area contributed by atoms with Crippen molar-refractivity contribution in [2.45, 2.75) is 39.7 Å². The van der Waals surface area contributed by atoms with E-state index < -0.39 is 0 Å². The maximum Gasteiger partial charge on any atom is 0.219 e. The molecule has 29 heavy (non-hydrogen) atoms. The molecule has 0 aliphatic carbocycles. The van der Waals surface area contributed by atoms with Gasteiger partial charge in [0.25, 0.3) is 0 Å². The lowest BCUT2D eigenvalue weighted by molar-refractivity contribution is -0.129. The van der Waals surface area contributed by atoms with Crippen molar-refractivity contribution in [3.63, 3.8) is 0 Å². The first-order chi connectivity index (χ1) is 14.0. The number of amides is 1. The first-order valence-electron chi connectivity index (χ1n) is 10.2. The van der Waals surface area contributed by atoms with E-state index in [0.717, 1.165) is 55.1 Å². The van der Waals surface area contributed by atoms with Gasteiger partial charge in [0.05, 0.1) is 18.6 Å². The molecule has 0 spiro atoms. The van der Waals surface area contributed by atoms with E-state index in [2.05, 4.69) is 45.3 Å². The van der Waals surface area contributed by atoms with E-state index in [1.54, 1.807) is 6.92 Å². The van der Waals surface area contributed by atoms with Crippen LogP contribution in [0.5, 0.6) is 0 Å². The second kappa shape index (κ2) is 6.76. The Kier molecular flexibility index (Phi) is 4.19. The Labute approximate surface area is 170 Å². The number of nitrogens with one attached hydrogen (secondary N) is 1. The molecule has 2 aliphatic heterocycles. The molecule has 0 fully saturated rings. The van der Waals surface area contributed by atoms with Gasteiger partial charge in [-0.05, 0) is 43.0 Å². The highest BCUT2D eigenvalue weighted by molar-refractivity contribution is 5.77. The molecule has 0 radical (unpaired) electrons. The molecule has 0 unspecified atom stereocenters. The van der Waals surface area contributed by atoms with Gasteiger partial charge in [0, 0.05) is 62.2 Å². The molecule has 7 heteroatoms. The van der Waals surface area contributed by atoms with Crippen molar-refractivity contribution in [1.82, 2.24) is 24.6 Å². The van der Waals surface area contributed by atoms with Crippen LogP contribution in [0.2, 0.25) is 0 Å². The van der Waals surface area contributed by atoms with Crippen LogP contribution in [0.25, 0.3) is 11.3 Å². The Morgan fingerprint density at radius 3 is 2.83 bits per heavy atom. The fraction of sp³-hybridized carbons (Fsp3) is 0.409. The van der Waals surface area contributed by atoms with Gasteiger partial charge >= 0.3 is 0 Å². The molecule has 7 nitrogen and oxygen atoms in total. The lowest BCUT2D eigenvalue weighted by atomic mass is 9.94. The molecular weight excluding hydrogens is 364 g/mol. The minimum atomic E-state index is 0.123. The van der Waals surface area contributed by atoms with E-state index >= 15 is 0 Å². The number of carbonyl (C=O) groups excluding carboxylic acids is 1. The van der Waals surface area contributed by atoms with Crippen LogP contribution in [-0.4, -0.2) is 43.6 Å². The number of fused-ring (bicyclic) bond motifs is 2. The molecule has 0 bridgehead atoms. The SMILES string of the molecule is CC(=O)N1CCc2[nH]nc(N3CCCc4cc(-c5cn(C)cn5)c(C)cc43)c2C1. The van der Waals surface area contributed by atoms with Gasteiger partial charge in [-0.15, -0.1) is 0 Å². The second-order valence-corrected chi connectivity index (χ2v) is 8.17. The van der Waals surface area contributed by atoms with Crippen molar-refractivity contribution >= 4 is 17.4 Å². The summed E-state index contributed by atoms with van der Waals surface area (Å²) in [7, 11) is 2.00. The fourth-order valence-electron chi connectivity index (χ4n) is 4.56. The number of aryl methyl sites for hydroxylation is 3. The predicted octanol–water partition coefficient (Wildman–Crippen LogP) is 3.11.